The zero-order valence-electron chi connectivity index (χ0n) is 26.2. The summed E-state index contributed by atoms with van der Waals surface area (Å²) in [5.41, 5.74) is 3.21. The Bertz CT molecular complexity index is 2150. The number of thioether (sulfide) groups is 1. The Morgan fingerprint density at radius 3 is 2.12 bits per heavy atom. The molecule has 6 nitrogen and oxygen atoms in total. The number of benzene rings is 5. The normalized spacial score (nSPS) is 11.6. The predicted octanol–water partition coefficient (Wildman–Crippen LogP) is 9.52. The molecular weight excluding hydrogens is 704 g/mol. The van der Waals surface area contributed by atoms with Crippen LogP contribution in [0.1, 0.15) is 21.5 Å². The lowest BCUT2D eigenvalue weighted by molar-refractivity contribution is 0.0964. The zero-order valence-corrected chi connectivity index (χ0v) is 29.4. The number of aryl methyl sites for hydroxylation is 1. The quantitative estimate of drug-likeness (QED) is 0.0925. The second kappa shape index (κ2) is 15.1. The number of ether oxygens (including phenoxy) is 1. The molecule has 0 saturated carbocycles. The zero-order chi connectivity index (χ0) is 33.5. The number of carbonyl (C=O) groups is 1. The van der Waals surface area contributed by atoms with Crippen molar-refractivity contribution in [2.24, 2.45) is 0 Å². The molecule has 0 bridgehead atoms. The minimum Gasteiger partial charge on any atom is -0.487 e. The molecule has 0 saturated heterocycles. The van der Waals surface area contributed by atoms with Crippen molar-refractivity contribution in [1.29, 1.82) is 0 Å². The van der Waals surface area contributed by atoms with E-state index in [1.165, 1.54) is 4.31 Å². The average molecular weight is 738 g/mol. The summed E-state index contributed by atoms with van der Waals surface area (Å²) in [4.78, 5) is 15.2. The van der Waals surface area contributed by atoms with Crippen molar-refractivity contribution in [2.75, 3.05) is 16.6 Å². The maximum Gasteiger partial charge on any atom is 0.264 e. The Hall–Kier alpha value is -4.57. The lowest BCUT2D eigenvalue weighted by Gasteiger charge is -2.26. The van der Waals surface area contributed by atoms with Gasteiger partial charge in [-0.1, -0.05) is 97.1 Å². The van der Waals surface area contributed by atoms with Crippen molar-refractivity contribution < 1.29 is 17.9 Å². The van der Waals surface area contributed by atoms with E-state index in [1.54, 1.807) is 71.1 Å². The van der Waals surface area contributed by atoms with Crippen molar-refractivity contribution in [3.05, 3.63) is 167 Å². The number of rotatable bonds is 12. The molecule has 9 heteroatoms. The van der Waals surface area contributed by atoms with E-state index in [-0.39, 0.29) is 24.0 Å². The molecule has 0 unspecified atom stereocenters. The predicted molar refractivity (Wildman–Crippen MR) is 199 cm³/mol. The monoisotopic (exact) mass is 736 g/mol. The number of fused-ring (bicyclic) bond motifs is 1. The number of sulfonamides is 1. The number of halogens is 1. The maximum atomic E-state index is 14.3. The van der Waals surface area contributed by atoms with Crippen LogP contribution in [0.4, 0.5) is 5.69 Å². The third-order valence-electron chi connectivity index (χ3n) is 7.74. The largest absolute Gasteiger partial charge is 0.487 e. The van der Waals surface area contributed by atoms with Gasteiger partial charge in [0.1, 0.15) is 12.4 Å². The molecule has 5 aromatic carbocycles. The molecule has 6 aromatic rings. The summed E-state index contributed by atoms with van der Waals surface area (Å²) in [5.74, 6) is 0.852. The van der Waals surface area contributed by atoms with Gasteiger partial charge in [0.05, 0.1) is 27.1 Å². The molecular formula is C39H33BrN2O4S2. The van der Waals surface area contributed by atoms with Crippen LogP contribution in [-0.2, 0) is 16.6 Å². The van der Waals surface area contributed by atoms with Crippen LogP contribution in [0.3, 0.4) is 0 Å². The van der Waals surface area contributed by atoms with Crippen molar-refractivity contribution in [3.8, 4) is 5.75 Å². The van der Waals surface area contributed by atoms with E-state index in [0.29, 0.717) is 38.1 Å². The number of nitrogens with zero attached hydrogens (tertiary/aromatic N) is 2. The highest BCUT2D eigenvalue weighted by molar-refractivity contribution is 9.10. The fourth-order valence-electron chi connectivity index (χ4n) is 5.38. The summed E-state index contributed by atoms with van der Waals surface area (Å²) in [7, 11) is -4.02. The first-order valence-corrected chi connectivity index (χ1v) is 18.6. The van der Waals surface area contributed by atoms with Gasteiger partial charge in [-0.2, -0.15) is 0 Å². The molecule has 0 aliphatic rings. The van der Waals surface area contributed by atoms with E-state index < -0.39 is 10.0 Å². The van der Waals surface area contributed by atoms with Gasteiger partial charge >= 0.3 is 0 Å². The Balaban J connectivity index is 1.47. The van der Waals surface area contributed by atoms with Gasteiger partial charge in [-0.05, 0) is 70.4 Å². The fourth-order valence-corrected chi connectivity index (χ4v) is 8.55. The van der Waals surface area contributed by atoms with Crippen LogP contribution in [0, 0.1) is 6.92 Å². The van der Waals surface area contributed by atoms with Crippen LogP contribution >= 0.6 is 27.7 Å². The summed E-state index contributed by atoms with van der Waals surface area (Å²) in [5, 5.41) is 0.691. The lowest BCUT2D eigenvalue weighted by Crippen LogP contribution is -2.31. The van der Waals surface area contributed by atoms with Gasteiger partial charge in [0.15, 0.2) is 0 Å². The van der Waals surface area contributed by atoms with E-state index in [0.717, 1.165) is 16.0 Å². The second-order valence-corrected chi connectivity index (χ2v) is 14.8. The topological polar surface area (TPSA) is 68.6 Å². The second-order valence-electron chi connectivity index (χ2n) is 11.0. The first kappa shape index (κ1) is 33.3. The molecule has 0 N–H and O–H groups in total. The van der Waals surface area contributed by atoms with Crippen molar-refractivity contribution in [1.82, 2.24) is 4.57 Å². The Morgan fingerprint density at radius 1 is 0.854 bits per heavy atom. The van der Waals surface area contributed by atoms with Gasteiger partial charge in [-0.25, -0.2) is 8.42 Å². The first-order chi connectivity index (χ1) is 23.3. The van der Waals surface area contributed by atoms with E-state index in [4.69, 9.17) is 4.74 Å². The maximum absolute atomic E-state index is 14.3. The van der Waals surface area contributed by atoms with Gasteiger partial charge < -0.3 is 4.74 Å². The van der Waals surface area contributed by atoms with Gasteiger partial charge in [0.25, 0.3) is 15.9 Å². The van der Waals surface area contributed by atoms with Crippen LogP contribution in [0.25, 0.3) is 10.9 Å². The van der Waals surface area contributed by atoms with E-state index in [9.17, 15) is 13.2 Å². The van der Waals surface area contributed by atoms with E-state index in [1.807, 2.05) is 97.9 Å². The molecule has 0 fully saturated rings. The number of aromatic nitrogens is 1. The highest BCUT2D eigenvalue weighted by Gasteiger charge is 2.30. The van der Waals surface area contributed by atoms with Crippen molar-refractivity contribution in [2.45, 2.75) is 23.3 Å². The fraction of sp³-hybridized carbons (Fsp3) is 0.103. The highest BCUT2D eigenvalue weighted by atomic mass is 79.9. The van der Waals surface area contributed by atoms with Gasteiger partial charge in [0, 0.05) is 33.9 Å². The first-order valence-electron chi connectivity index (χ1n) is 15.4. The number of hydrogen-bond donors (Lipinski definition) is 0. The third kappa shape index (κ3) is 7.28. The summed E-state index contributed by atoms with van der Waals surface area (Å²) in [6.45, 7) is 2.21. The molecule has 0 spiro atoms. The van der Waals surface area contributed by atoms with Crippen LogP contribution < -0.4 is 9.04 Å². The molecule has 6 rings (SSSR count). The summed E-state index contributed by atoms with van der Waals surface area (Å²) in [6.07, 6.45) is 5.62. The molecule has 0 amide bonds. The SMILES string of the molecule is Cc1cn(C(=O)c2ccccc2)c2c(OCc3ccccc3)cc(N(C/C=C/CSc3ccccc3)S(=O)(=O)c3ccccc3)c(Br)c12. The third-order valence-corrected chi connectivity index (χ3v) is 11.3. The van der Waals surface area contributed by atoms with Gasteiger partial charge in [-0.3, -0.25) is 13.7 Å². The van der Waals surface area contributed by atoms with E-state index >= 15 is 0 Å². The Kier molecular flexibility index (Phi) is 10.5. The number of carbonyl (C=O) groups excluding carboxylic acids is 1. The standard InChI is InChI=1S/C39H33BrN2O4S2/c1-29-27-41(39(43)31-18-8-3-9-19-31)38-35(46-28-30-16-6-2-7-17-30)26-34(37(40)36(29)38)42(48(44,45)33-22-12-5-13-23-33)24-14-15-25-47-32-20-10-4-11-21-32/h2-23,26-27H,24-25,28H2,1H3/b15-14+. The van der Waals surface area contributed by atoms with Crippen LogP contribution in [0.15, 0.2) is 160 Å². The summed E-state index contributed by atoms with van der Waals surface area (Å²) < 4.78 is 38.7. The Labute approximate surface area is 293 Å². The minimum atomic E-state index is -4.02. The molecule has 48 heavy (non-hydrogen) atoms. The number of hydrogen-bond acceptors (Lipinski definition) is 5. The van der Waals surface area contributed by atoms with Crippen molar-refractivity contribution in [3.63, 3.8) is 0 Å². The van der Waals surface area contributed by atoms with E-state index in [2.05, 4.69) is 15.9 Å². The van der Waals surface area contributed by atoms with Crippen molar-refractivity contribution >= 4 is 60.2 Å². The number of anilines is 1. The molecule has 0 radical (unpaired) electrons. The molecule has 0 atom stereocenters. The van der Waals surface area contributed by atoms with Crippen LogP contribution in [0.5, 0.6) is 5.75 Å². The molecule has 1 aromatic heterocycles. The summed E-state index contributed by atoms with van der Waals surface area (Å²) in [6, 6.07) is 39.0. The van der Waals surface area contributed by atoms with Gasteiger partial charge in [-0.15, -0.1) is 11.8 Å². The van der Waals surface area contributed by atoms with Crippen LogP contribution in [-0.4, -0.2) is 31.2 Å². The lowest BCUT2D eigenvalue weighted by atomic mass is 10.1. The Morgan fingerprint density at radius 2 is 1.46 bits per heavy atom. The molecule has 242 valence electrons. The smallest absolute Gasteiger partial charge is 0.264 e. The average Bonchev–Trinajstić information content (AvgIpc) is 3.48. The summed E-state index contributed by atoms with van der Waals surface area (Å²) >= 11 is 5.46. The minimum absolute atomic E-state index is 0.0809. The molecule has 1 heterocycles. The highest BCUT2D eigenvalue weighted by Crippen LogP contribution is 2.44. The molecule has 0 aliphatic carbocycles. The van der Waals surface area contributed by atoms with Crippen LogP contribution in [0.2, 0.25) is 0 Å². The molecule has 0 aliphatic heterocycles. The van der Waals surface area contributed by atoms with Gasteiger partial charge in [0.2, 0.25) is 0 Å².